The Labute approximate surface area is 199 Å². The molecule has 0 bridgehead atoms. The van der Waals surface area contributed by atoms with E-state index >= 15 is 0 Å². The highest BCUT2D eigenvalue weighted by molar-refractivity contribution is 5.95. The third-order valence-corrected chi connectivity index (χ3v) is 5.71. The number of H-pyrrole nitrogens is 2. The topological polar surface area (TPSA) is 109 Å². The second-order valence-electron chi connectivity index (χ2n) is 7.77. The second kappa shape index (κ2) is 10.8. The summed E-state index contributed by atoms with van der Waals surface area (Å²) in [6, 6.07) is 7.48. The van der Waals surface area contributed by atoms with Crippen LogP contribution < -0.4 is 0 Å². The zero-order valence-electron chi connectivity index (χ0n) is 20.4. The Morgan fingerprint density at radius 2 is 1.12 bits per heavy atom. The molecule has 2 heterocycles. The molecule has 178 valence electrons. The lowest BCUT2D eigenvalue weighted by Crippen LogP contribution is -2.06. The smallest absolute Gasteiger partial charge is 0.355 e. The van der Waals surface area contributed by atoms with Gasteiger partial charge in [0.05, 0.1) is 48.4 Å². The summed E-state index contributed by atoms with van der Waals surface area (Å²) in [5.74, 6) is -0.766. The molecule has 0 aliphatic carbocycles. The van der Waals surface area contributed by atoms with Gasteiger partial charge in [-0.3, -0.25) is 9.98 Å². The Balaban J connectivity index is 1.88. The largest absolute Gasteiger partial charge is 0.461 e. The maximum Gasteiger partial charge on any atom is 0.355 e. The maximum absolute atomic E-state index is 12.2. The summed E-state index contributed by atoms with van der Waals surface area (Å²) in [6.45, 7) is 11.8. The van der Waals surface area contributed by atoms with E-state index in [1.807, 2.05) is 52.0 Å². The first-order chi connectivity index (χ1) is 16.3. The van der Waals surface area contributed by atoms with Crippen molar-refractivity contribution in [3.63, 3.8) is 0 Å². The average molecular weight is 463 g/mol. The standard InChI is InChI=1S/C26H30N4O4/c1-7-33-25(31)23-17(5)15(3)21(29-23)13-27-19-11-9-10-12-20(19)28-14-22-16(4)18(6)24(30-22)26(32)34-8-2/h9-14,29-30H,7-8H2,1-6H3. The molecule has 0 aliphatic heterocycles. The van der Waals surface area contributed by atoms with Crippen LogP contribution in [0.4, 0.5) is 11.4 Å². The Hall–Kier alpha value is -3.94. The number of esters is 2. The van der Waals surface area contributed by atoms with E-state index in [0.717, 1.165) is 33.6 Å². The number of aliphatic imine (C=N–C) groups is 2. The van der Waals surface area contributed by atoms with Gasteiger partial charge < -0.3 is 19.4 Å². The quantitative estimate of drug-likeness (QED) is 0.343. The fourth-order valence-electron chi connectivity index (χ4n) is 3.45. The SMILES string of the molecule is CCOC(=O)c1[nH]c(C=Nc2ccccc2N=Cc2[nH]c(C(=O)OCC)c(C)c2C)c(C)c1C. The molecule has 0 spiro atoms. The van der Waals surface area contributed by atoms with E-state index in [1.54, 1.807) is 26.3 Å². The van der Waals surface area contributed by atoms with Crippen molar-refractivity contribution in [1.82, 2.24) is 9.97 Å². The van der Waals surface area contributed by atoms with E-state index < -0.39 is 0 Å². The molecule has 3 rings (SSSR count). The van der Waals surface area contributed by atoms with E-state index in [0.29, 0.717) is 36.0 Å². The molecule has 0 atom stereocenters. The van der Waals surface area contributed by atoms with Gasteiger partial charge in [-0.1, -0.05) is 12.1 Å². The van der Waals surface area contributed by atoms with E-state index in [4.69, 9.17) is 9.47 Å². The van der Waals surface area contributed by atoms with Crippen molar-refractivity contribution in [3.05, 3.63) is 69.3 Å². The molecule has 0 fully saturated rings. The third-order valence-electron chi connectivity index (χ3n) is 5.71. The lowest BCUT2D eigenvalue weighted by molar-refractivity contribution is 0.0510. The first-order valence-electron chi connectivity index (χ1n) is 11.2. The zero-order chi connectivity index (χ0) is 24.8. The predicted molar refractivity (Wildman–Crippen MR) is 133 cm³/mol. The molecule has 8 heteroatoms. The van der Waals surface area contributed by atoms with Gasteiger partial charge in [0, 0.05) is 0 Å². The minimum absolute atomic E-state index is 0.312. The number of benzene rings is 1. The van der Waals surface area contributed by atoms with Crippen LogP contribution in [0.1, 0.15) is 68.5 Å². The molecule has 0 unspecified atom stereocenters. The summed E-state index contributed by atoms with van der Waals surface area (Å²) in [6.07, 6.45) is 3.37. The van der Waals surface area contributed by atoms with Crippen LogP contribution >= 0.6 is 0 Å². The summed E-state index contributed by atoms with van der Waals surface area (Å²) in [5, 5.41) is 0. The molecule has 0 saturated heterocycles. The minimum Gasteiger partial charge on any atom is -0.461 e. The highest BCUT2D eigenvalue weighted by atomic mass is 16.5. The van der Waals surface area contributed by atoms with Gasteiger partial charge in [0.15, 0.2) is 0 Å². The van der Waals surface area contributed by atoms with Gasteiger partial charge in [-0.2, -0.15) is 0 Å². The molecule has 0 aliphatic rings. The number of para-hydroxylation sites is 2. The monoisotopic (exact) mass is 462 g/mol. The number of aromatic nitrogens is 2. The lowest BCUT2D eigenvalue weighted by Gasteiger charge is -2.00. The van der Waals surface area contributed by atoms with Crippen LogP contribution in [0.2, 0.25) is 0 Å². The summed E-state index contributed by atoms with van der Waals surface area (Å²) >= 11 is 0. The van der Waals surface area contributed by atoms with Gasteiger partial charge in [-0.15, -0.1) is 0 Å². The van der Waals surface area contributed by atoms with Crippen molar-refractivity contribution in [2.45, 2.75) is 41.5 Å². The number of hydrogen-bond donors (Lipinski definition) is 2. The number of hydrogen-bond acceptors (Lipinski definition) is 6. The van der Waals surface area contributed by atoms with Gasteiger partial charge in [0.25, 0.3) is 0 Å². The number of carbonyl (C=O) groups excluding carboxylic acids is 2. The molecule has 0 radical (unpaired) electrons. The molecule has 0 amide bonds. The zero-order valence-corrected chi connectivity index (χ0v) is 20.4. The number of nitrogens with zero attached hydrogens (tertiary/aromatic N) is 2. The number of rotatable bonds is 8. The van der Waals surface area contributed by atoms with E-state index in [2.05, 4.69) is 20.0 Å². The van der Waals surface area contributed by atoms with Gasteiger partial charge >= 0.3 is 11.9 Å². The summed E-state index contributed by atoms with van der Waals surface area (Å²) < 4.78 is 10.2. The molecule has 2 N–H and O–H groups in total. The van der Waals surface area contributed by atoms with Crippen LogP contribution in [-0.2, 0) is 9.47 Å². The molecule has 34 heavy (non-hydrogen) atoms. The fraction of sp³-hybridized carbons (Fsp3) is 0.308. The molecular weight excluding hydrogens is 432 g/mol. The average Bonchev–Trinajstić information content (AvgIpc) is 3.27. The number of ether oxygens (including phenoxy) is 2. The Morgan fingerprint density at radius 3 is 1.47 bits per heavy atom. The Bertz CT molecular complexity index is 1170. The predicted octanol–water partition coefficient (Wildman–Crippen LogP) is 5.43. The lowest BCUT2D eigenvalue weighted by atomic mass is 10.1. The van der Waals surface area contributed by atoms with Crippen molar-refractivity contribution in [2.24, 2.45) is 9.98 Å². The number of nitrogens with one attached hydrogen (secondary N) is 2. The van der Waals surface area contributed by atoms with Crippen molar-refractivity contribution < 1.29 is 19.1 Å². The highest BCUT2D eigenvalue weighted by Crippen LogP contribution is 2.28. The molecule has 8 nitrogen and oxygen atoms in total. The summed E-state index contributed by atoms with van der Waals surface area (Å²) in [4.78, 5) is 39.7. The summed E-state index contributed by atoms with van der Waals surface area (Å²) in [5.41, 5.74) is 7.17. The minimum atomic E-state index is -0.383. The Morgan fingerprint density at radius 1 is 0.735 bits per heavy atom. The van der Waals surface area contributed by atoms with Crippen molar-refractivity contribution in [3.8, 4) is 0 Å². The number of aromatic amines is 2. The Kier molecular flexibility index (Phi) is 7.83. The molecule has 1 aromatic carbocycles. The van der Waals surface area contributed by atoms with Gasteiger partial charge in [-0.25, -0.2) is 9.59 Å². The van der Waals surface area contributed by atoms with Crippen molar-refractivity contribution in [1.29, 1.82) is 0 Å². The number of carbonyl (C=O) groups is 2. The van der Waals surface area contributed by atoms with Crippen LogP contribution in [0.3, 0.4) is 0 Å². The van der Waals surface area contributed by atoms with Crippen LogP contribution in [0.15, 0.2) is 34.3 Å². The van der Waals surface area contributed by atoms with Gasteiger partial charge in [-0.05, 0) is 75.9 Å². The summed E-state index contributed by atoms with van der Waals surface area (Å²) in [7, 11) is 0. The van der Waals surface area contributed by atoms with Gasteiger partial charge in [0.1, 0.15) is 11.4 Å². The molecular formula is C26H30N4O4. The van der Waals surface area contributed by atoms with E-state index in [-0.39, 0.29) is 11.9 Å². The van der Waals surface area contributed by atoms with Crippen LogP contribution in [0.5, 0.6) is 0 Å². The molecule has 2 aromatic heterocycles. The molecule has 0 saturated carbocycles. The van der Waals surface area contributed by atoms with Crippen LogP contribution in [0, 0.1) is 27.7 Å². The second-order valence-corrected chi connectivity index (χ2v) is 7.77. The maximum atomic E-state index is 12.2. The third kappa shape index (κ3) is 5.17. The fourth-order valence-corrected chi connectivity index (χ4v) is 3.45. The first kappa shape index (κ1) is 24.7. The van der Waals surface area contributed by atoms with Crippen LogP contribution in [0.25, 0.3) is 0 Å². The highest BCUT2D eigenvalue weighted by Gasteiger charge is 2.18. The van der Waals surface area contributed by atoms with E-state index in [1.165, 1.54) is 0 Å². The normalized spacial score (nSPS) is 11.5. The van der Waals surface area contributed by atoms with E-state index in [9.17, 15) is 9.59 Å². The van der Waals surface area contributed by atoms with Gasteiger partial charge in [0.2, 0.25) is 0 Å². The first-order valence-corrected chi connectivity index (χ1v) is 11.2. The van der Waals surface area contributed by atoms with Crippen LogP contribution in [-0.4, -0.2) is 47.5 Å². The van der Waals surface area contributed by atoms with Crippen molar-refractivity contribution in [2.75, 3.05) is 13.2 Å². The molecule has 3 aromatic rings. The van der Waals surface area contributed by atoms with Crippen molar-refractivity contribution >= 4 is 35.7 Å².